The molecule has 0 saturated carbocycles. The van der Waals surface area contributed by atoms with E-state index in [0.717, 1.165) is 5.57 Å². The number of hydrogen-bond acceptors (Lipinski definition) is 2. The molecule has 0 aliphatic carbocycles. The molecule has 0 aliphatic heterocycles. The molecule has 0 saturated heterocycles. The Morgan fingerprint density at radius 3 is 2.29 bits per heavy atom. The number of rotatable bonds is 5. The van der Waals surface area contributed by atoms with Crippen molar-refractivity contribution in [1.29, 1.82) is 0 Å². The Hall–Kier alpha value is -1.05. The Labute approximate surface area is 86.6 Å². The van der Waals surface area contributed by atoms with E-state index in [9.17, 15) is 4.79 Å². The zero-order valence-corrected chi connectivity index (χ0v) is 9.59. The van der Waals surface area contributed by atoms with Crippen LogP contribution in [0.4, 0.5) is 0 Å². The molecule has 0 N–H and O–H groups in total. The lowest BCUT2D eigenvalue weighted by Gasteiger charge is -2.31. The Kier molecular flexibility index (Phi) is 4.61. The summed E-state index contributed by atoms with van der Waals surface area (Å²) >= 11 is 0. The van der Waals surface area contributed by atoms with Crippen molar-refractivity contribution in [2.75, 3.05) is 6.61 Å². The van der Waals surface area contributed by atoms with E-state index < -0.39 is 0 Å². The summed E-state index contributed by atoms with van der Waals surface area (Å²) in [6.07, 6.45) is 1.87. The quantitative estimate of drug-likeness (QED) is 0.499. The first-order chi connectivity index (χ1) is 6.31. The smallest absolute Gasteiger partial charge is 0.302 e. The standard InChI is InChI=1S/C12H20O2/c1-7-12(5,6)11(9(2)3)8-14-10(4)13/h7,11H,1-2,8H2,3-6H3. The van der Waals surface area contributed by atoms with Gasteiger partial charge in [0, 0.05) is 12.8 Å². The van der Waals surface area contributed by atoms with Crippen LogP contribution in [0.3, 0.4) is 0 Å². The molecule has 0 heterocycles. The number of ether oxygens (including phenoxy) is 1. The average Bonchev–Trinajstić information content (AvgIpc) is 2.03. The molecule has 0 spiro atoms. The van der Waals surface area contributed by atoms with Gasteiger partial charge in [-0.1, -0.05) is 32.1 Å². The van der Waals surface area contributed by atoms with Gasteiger partial charge in [-0.25, -0.2) is 0 Å². The van der Waals surface area contributed by atoms with Gasteiger partial charge < -0.3 is 4.74 Å². The molecule has 1 atom stereocenters. The van der Waals surface area contributed by atoms with Gasteiger partial charge in [-0.15, -0.1) is 6.58 Å². The minimum absolute atomic E-state index is 0.0959. The summed E-state index contributed by atoms with van der Waals surface area (Å²) in [5.41, 5.74) is 0.914. The van der Waals surface area contributed by atoms with Gasteiger partial charge in [0.25, 0.3) is 0 Å². The van der Waals surface area contributed by atoms with E-state index >= 15 is 0 Å². The van der Waals surface area contributed by atoms with Gasteiger partial charge in [0.2, 0.25) is 0 Å². The summed E-state index contributed by atoms with van der Waals surface area (Å²) in [7, 11) is 0. The molecule has 2 nitrogen and oxygen atoms in total. The summed E-state index contributed by atoms with van der Waals surface area (Å²) in [6, 6.07) is 0. The third kappa shape index (κ3) is 3.77. The summed E-state index contributed by atoms with van der Waals surface area (Å²) in [5.74, 6) is -0.125. The van der Waals surface area contributed by atoms with E-state index in [0.29, 0.717) is 6.61 Å². The van der Waals surface area contributed by atoms with E-state index in [1.165, 1.54) is 6.92 Å². The molecule has 0 bridgehead atoms. The fourth-order valence-corrected chi connectivity index (χ4v) is 1.34. The van der Waals surface area contributed by atoms with E-state index in [-0.39, 0.29) is 17.3 Å². The number of hydrogen-bond donors (Lipinski definition) is 0. The molecule has 0 aromatic carbocycles. The highest BCUT2D eigenvalue weighted by Crippen LogP contribution is 2.32. The summed E-state index contributed by atoms with van der Waals surface area (Å²) in [4.78, 5) is 10.7. The average molecular weight is 196 g/mol. The van der Waals surface area contributed by atoms with Crippen molar-refractivity contribution in [2.24, 2.45) is 11.3 Å². The van der Waals surface area contributed by atoms with Gasteiger partial charge in [-0.05, 0) is 12.3 Å². The Morgan fingerprint density at radius 1 is 1.50 bits per heavy atom. The maximum absolute atomic E-state index is 10.7. The Morgan fingerprint density at radius 2 is 2.00 bits per heavy atom. The summed E-state index contributed by atoms with van der Waals surface area (Å²) in [5, 5.41) is 0. The molecule has 0 aromatic heterocycles. The first-order valence-electron chi connectivity index (χ1n) is 4.73. The number of carbonyl (C=O) groups excluding carboxylic acids is 1. The van der Waals surface area contributed by atoms with Crippen molar-refractivity contribution in [3.05, 3.63) is 24.8 Å². The van der Waals surface area contributed by atoms with Crippen LogP contribution in [-0.4, -0.2) is 12.6 Å². The van der Waals surface area contributed by atoms with Gasteiger partial charge in [0.05, 0.1) is 6.61 Å². The van der Waals surface area contributed by atoms with Crippen LogP contribution in [-0.2, 0) is 9.53 Å². The molecule has 0 aromatic rings. The molecule has 0 amide bonds. The number of esters is 1. The molecule has 80 valence electrons. The Bertz CT molecular complexity index is 239. The maximum Gasteiger partial charge on any atom is 0.302 e. The topological polar surface area (TPSA) is 26.3 Å². The fourth-order valence-electron chi connectivity index (χ4n) is 1.34. The fraction of sp³-hybridized carbons (Fsp3) is 0.583. The molecule has 2 heteroatoms. The molecule has 1 unspecified atom stereocenters. The number of carbonyl (C=O) groups is 1. The highest BCUT2D eigenvalue weighted by molar-refractivity contribution is 5.65. The van der Waals surface area contributed by atoms with Crippen LogP contribution in [0.15, 0.2) is 24.8 Å². The van der Waals surface area contributed by atoms with Crippen molar-refractivity contribution in [3.8, 4) is 0 Å². The van der Waals surface area contributed by atoms with Crippen molar-refractivity contribution in [3.63, 3.8) is 0 Å². The van der Waals surface area contributed by atoms with Gasteiger partial charge in [0.15, 0.2) is 0 Å². The van der Waals surface area contributed by atoms with Crippen molar-refractivity contribution in [1.82, 2.24) is 0 Å². The molecule has 0 rings (SSSR count). The van der Waals surface area contributed by atoms with Crippen molar-refractivity contribution in [2.45, 2.75) is 27.7 Å². The van der Waals surface area contributed by atoms with Crippen LogP contribution in [0.25, 0.3) is 0 Å². The normalized spacial score (nSPS) is 13.1. The largest absolute Gasteiger partial charge is 0.465 e. The minimum Gasteiger partial charge on any atom is -0.465 e. The third-order valence-electron chi connectivity index (χ3n) is 2.47. The second-order valence-corrected chi connectivity index (χ2v) is 4.23. The zero-order chi connectivity index (χ0) is 11.4. The summed E-state index contributed by atoms with van der Waals surface area (Å²) < 4.78 is 5.01. The van der Waals surface area contributed by atoms with Gasteiger partial charge >= 0.3 is 5.97 Å². The molecular formula is C12H20O2. The maximum atomic E-state index is 10.7. The zero-order valence-electron chi connectivity index (χ0n) is 9.59. The van der Waals surface area contributed by atoms with Gasteiger partial charge in [0.1, 0.15) is 0 Å². The van der Waals surface area contributed by atoms with Gasteiger partial charge in [-0.2, -0.15) is 0 Å². The van der Waals surface area contributed by atoms with E-state index in [1.54, 1.807) is 0 Å². The lowest BCUT2D eigenvalue weighted by Crippen LogP contribution is -2.27. The van der Waals surface area contributed by atoms with E-state index in [2.05, 4.69) is 27.0 Å². The van der Waals surface area contributed by atoms with Crippen molar-refractivity contribution < 1.29 is 9.53 Å². The van der Waals surface area contributed by atoms with Crippen LogP contribution in [0.1, 0.15) is 27.7 Å². The lowest BCUT2D eigenvalue weighted by atomic mass is 9.76. The monoisotopic (exact) mass is 196 g/mol. The highest BCUT2D eigenvalue weighted by atomic mass is 16.5. The van der Waals surface area contributed by atoms with Crippen LogP contribution in [0.5, 0.6) is 0 Å². The predicted molar refractivity (Wildman–Crippen MR) is 58.9 cm³/mol. The van der Waals surface area contributed by atoms with E-state index in [4.69, 9.17) is 4.74 Å². The molecule has 0 fully saturated rings. The second-order valence-electron chi connectivity index (χ2n) is 4.23. The summed E-state index contributed by atoms with van der Waals surface area (Å²) in [6.45, 7) is 15.5. The molecule has 0 radical (unpaired) electrons. The highest BCUT2D eigenvalue weighted by Gasteiger charge is 2.27. The first kappa shape index (κ1) is 12.9. The lowest BCUT2D eigenvalue weighted by molar-refractivity contribution is -0.142. The van der Waals surface area contributed by atoms with Gasteiger partial charge in [-0.3, -0.25) is 4.79 Å². The van der Waals surface area contributed by atoms with E-state index in [1.807, 2.05) is 13.0 Å². The van der Waals surface area contributed by atoms with Crippen LogP contribution >= 0.6 is 0 Å². The first-order valence-corrected chi connectivity index (χ1v) is 4.73. The van der Waals surface area contributed by atoms with Crippen LogP contribution < -0.4 is 0 Å². The number of allylic oxidation sites excluding steroid dienone is 1. The molecular weight excluding hydrogens is 176 g/mol. The predicted octanol–water partition coefficient (Wildman–Crippen LogP) is 2.95. The molecule has 0 aliphatic rings. The minimum atomic E-state index is -0.254. The van der Waals surface area contributed by atoms with Crippen LogP contribution in [0, 0.1) is 11.3 Å². The van der Waals surface area contributed by atoms with Crippen molar-refractivity contribution >= 4 is 5.97 Å². The SMILES string of the molecule is C=CC(C)(C)C(COC(C)=O)C(=C)C. The van der Waals surface area contributed by atoms with Crippen LogP contribution in [0.2, 0.25) is 0 Å². The molecule has 14 heavy (non-hydrogen) atoms. The second kappa shape index (κ2) is 4.99. The Balaban J connectivity index is 4.53. The third-order valence-corrected chi connectivity index (χ3v) is 2.47.